The molecule has 0 fully saturated rings. The van der Waals surface area contributed by atoms with Crippen molar-refractivity contribution in [1.29, 1.82) is 0 Å². The Kier molecular flexibility index (Phi) is 6.45. The Morgan fingerprint density at radius 1 is 1.52 bits per heavy atom. The first-order chi connectivity index (χ1) is 9.97. The number of methoxy groups -OCH3 is 1. The van der Waals surface area contributed by atoms with Gasteiger partial charge in [-0.1, -0.05) is 6.92 Å². The molecule has 21 heavy (non-hydrogen) atoms. The van der Waals surface area contributed by atoms with Gasteiger partial charge < -0.3 is 20.1 Å². The van der Waals surface area contributed by atoms with Gasteiger partial charge >= 0.3 is 12.0 Å². The summed E-state index contributed by atoms with van der Waals surface area (Å²) >= 11 is 0. The molecule has 1 heterocycles. The number of aliphatic carboxylic acids is 1. The van der Waals surface area contributed by atoms with Crippen molar-refractivity contribution in [2.75, 3.05) is 13.7 Å². The fraction of sp³-hybridized carbons (Fsp3) is 0.500. The van der Waals surface area contributed by atoms with Gasteiger partial charge in [0.1, 0.15) is 6.54 Å². The van der Waals surface area contributed by atoms with Gasteiger partial charge in [0, 0.05) is 24.8 Å². The molecule has 1 aromatic heterocycles. The molecule has 7 nitrogen and oxygen atoms in total. The molecule has 0 bridgehead atoms. The van der Waals surface area contributed by atoms with E-state index in [2.05, 4.69) is 10.3 Å². The minimum absolute atomic E-state index is 0.145. The lowest BCUT2D eigenvalue weighted by Gasteiger charge is -2.27. The number of urea groups is 1. The van der Waals surface area contributed by atoms with E-state index in [1.807, 2.05) is 13.8 Å². The van der Waals surface area contributed by atoms with Gasteiger partial charge in [-0.05, 0) is 25.0 Å². The number of nitrogens with zero attached hydrogens (tertiary/aromatic N) is 2. The van der Waals surface area contributed by atoms with E-state index < -0.39 is 12.0 Å². The molecule has 2 N–H and O–H groups in total. The molecule has 2 amide bonds. The predicted octanol–water partition coefficient (Wildman–Crippen LogP) is 1.48. The topological polar surface area (TPSA) is 91.8 Å². The van der Waals surface area contributed by atoms with Gasteiger partial charge in [0.05, 0.1) is 7.11 Å². The number of hydrogen-bond acceptors (Lipinski definition) is 4. The maximum Gasteiger partial charge on any atom is 0.323 e. The largest absolute Gasteiger partial charge is 0.481 e. The molecule has 1 aromatic rings. The van der Waals surface area contributed by atoms with Gasteiger partial charge in [0.2, 0.25) is 5.88 Å². The first-order valence-electron chi connectivity index (χ1n) is 6.73. The molecule has 0 aliphatic rings. The molecular formula is C14H21N3O4. The van der Waals surface area contributed by atoms with E-state index >= 15 is 0 Å². The number of nitrogens with one attached hydrogen (secondary N) is 1. The molecule has 0 aliphatic heterocycles. The van der Waals surface area contributed by atoms with Gasteiger partial charge in [0.25, 0.3) is 0 Å². The monoisotopic (exact) mass is 295 g/mol. The van der Waals surface area contributed by atoms with Crippen molar-refractivity contribution in [1.82, 2.24) is 15.2 Å². The first kappa shape index (κ1) is 16.7. The van der Waals surface area contributed by atoms with Crippen LogP contribution < -0.4 is 10.1 Å². The Balaban J connectivity index is 2.66. The quantitative estimate of drug-likeness (QED) is 0.795. The SMILES string of the molecule is CCC(C)N(CC(=O)O)C(=O)NCc1ccnc(OC)c1. The van der Waals surface area contributed by atoms with Crippen molar-refractivity contribution in [2.24, 2.45) is 0 Å². The third kappa shape index (κ3) is 5.29. The lowest BCUT2D eigenvalue weighted by molar-refractivity contribution is -0.138. The Hall–Kier alpha value is -2.31. The number of hydrogen-bond donors (Lipinski definition) is 2. The number of carboxylic acid groups (broad SMARTS) is 1. The Bertz CT molecular complexity index is 493. The van der Waals surface area contributed by atoms with E-state index in [0.29, 0.717) is 12.3 Å². The lowest BCUT2D eigenvalue weighted by Crippen LogP contribution is -2.47. The van der Waals surface area contributed by atoms with Gasteiger partial charge in [-0.15, -0.1) is 0 Å². The molecular weight excluding hydrogens is 274 g/mol. The van der Waals surface area contributed by atoms with Crippen molar-refractivity contribution >= 4 is 12.0 Å². The Labute approximate surface area is 123 Å². The molecule has 1 atom stereocenters. The van der Waals surface area contributed by atoms with E-state index in [1.165, 1.54) is 12.0 Å². The van der Waals surface area contributed by atoms with Crippen LogP contribution in [-0.2, 0) is 11.3 Å². The van der Waals surface area contributed by atoms with Crippen LogP contribution in [0.2, 0.25) is 0 Å². The van der Waals surface area contributed by atoms with Crippen LogP contribution in [0.4, 0.5) is 4.79 Å². The molecule has 0 saturated heterocycles. The standard InChI is InChI=1S/C14H21N3O4/c1-4-10(2)17(9-13(18)19)14(20)16-8-11-5-6-15-12(7-11)21-3/h5-7,10H,4,8-9H2,1-3H3,(H,16,20)(H,18,19). The minimum atomic E-state index is -1.03. The summed E-state index contributed by atoms with van der Waals surface area (Å²) in [5, 5.41) is 11.6. The Morgan fingerprint density at radius 3 is 2.81 bits per heavy atom. The van der Waals surface area contributed by atoms with Crippen LogP contribution in [0.25, 0.3) is 0 Å². The van der Waals surface area contributed by atoms with E-state index in [-0.39, 0.29) is 19.1 Å². The van der Waals surface area contributed by atoms with Crippen LogP contribution in [0.3, 0.4) is 0 Å². The van der Waals surface area contributed by atoms with E-state index in [1.54, 1.807) is 18.3 Å². The van der Waals surface area contributed by atoms with E-state index in [0.717, 1.165) is 5.56 Å². The van der Waals surface area contributed by atoms with Crippen LogP contribution in [0.5, 0.6) is 5.88 Å². The number of carbonyl (C=O) groups is 2. The third-order valence-electron chi connectivity index (χ3n) is 3.14. The van der Waals surface area contributed by atoms with Gasteiger partial charge in [-0.25, -0.2) is 9.78 Å². The number of ether oxygens (including phenoxy) is 1. The van der Waals surface area contributed by atoms with Crippen molar-refractivity contribution in [2.45, 2.75) is 32.9 Å². The molecule has 1 rings (SSSR count). The van der Waals surface area contributed by atoms with Crippen LogP contribution in [0.1, 0.15) is 25.8 Å². The minimum Gasteiger partial charge on any atom is -0.481 e. The molecule has 1 unspecified atom stereocenters. The van der Waals surface area contributed by atoms with Crippen LogP contribution in [-0.4, -0.2) is 46.7 Å². The normalized spacial score (nSPS) is 11.6. The summed E-state index contributed by atoms with van der Waals surface area (Å²) in [6.07, 6.45) is 2.27. The summed E-state index contributed by atoms with van der Waals surface area (Å²) in [5.74, 6) is -0.568. The third-order valence-corrected chi connectivity index (χ3v) is 3.14. The molecule has 0 saturated carbocycles. The fourth-order valence-corrected chi connectivity index (χ4v) is 1.75. The molecule has 116 valence electrons. The second-order valence-corrected chi connectivity index (χ2v) is 4.64. The summed E-state index contributed by atoms with van der Waals surface area (Å²) in [4.78, 5) is 28.2. The summed E-state index contributed by atoms with van der Waals surface area (Å²) in [5.41, 5.74) is 0.828. The molecule has 0 aromatic carbocycles. The van der Waals surface area contributed by atoms with Crippen molar-refractivity contribution < 1.29 is 19.4 Å². The smallest absolute Gasteiger partial charge is 0.323 e. The zero-order valence-electron chi connectivity index (χ0n) is 12.5. The highest BCUT2D eigenvalue weighted by atomic mass is 16.5. The van der Waals surface area contributed by atoms with Crippen molar-refractivity contribution in [3.63, 3.8) is 0 Å². The molecule has 0 radical (unpaired) electrons. The highest BCUT2D eigenvalue weighted by Gasteiger charge is 2.21. The number of amides is 2. The van der Waals surface area contributed by atoms with Crippen LogP contribution >= 0.6 is 0 Å². The number of aromatic nitrogens is 1. The number of pyridine rings is 1. The fourth-order valence-electron chi connectivity index (χ4n) is 1.75. The average Bonchev–Trinajstić information content (AvgIpc) is 2.49. The van der Waals surface area contributed by atoms with Gasteiger partial charge in [0.15, 0.2) is 0 Å². The second kappa shape index (κ2) is 8.08. The first-order valence-corrected chi connectivity index (χ1v) is 6.73. The Morgan fingerprint density at radius 2 is 2.24 bits per heavy atom. The average molecular weight is 295 g/mol. The zero-order chi connectivity index (χ0) is 15.8. The van der Waals surface area contributed by atoms with Crippen molar-refractivity contribution in [3.8, 4) is 5.88 Å². The summed E-state index contributed by atoms with van der Waals surface area (Å²) in [6, 6.07) is 2.93. The van der Waals surface area contributed by atoms with Crippen molar-refractivity contribution in [3.05, 3.63) is 23.9 Å². The highest BCUT2D eigenvalue weighted by molar-refractivity contribution is 5.80. The number of carboxylic acids is 1. The van der Waals surface area contributed by atoms with Crippen LogP contribution in [0, 0.1) is 0 Å². The number of carbonyl (C=O) groups excluding carboxylic acids is 1. The van der Waals surface area contributed by atoms with Gasteiger partial charge in [-0.3, -0.25) is 4.79 Å². The summed E-state index contributed by atoms with van der Waals surface area (Å²) in [6.45, 7) is 3.68. The predicted molar refractivity (Wildman–Crippen MR) is 77.1 cm³/mol. The summed E-state index contributed by atoms with van der Waals surface area (Å²) < 4.78 is 5.01. The molecule has 0 spiro atoms. The van der Waals surface area contributed by atoms with Crippen LogP contribution in [0.15, 0.2) is 18.3 Å². The molecule has 7 heteroatoms. The number of rotatable bonds is 7. The second-order valence-electron chi connectivity index (χ2n) is 4.64. The van der Waals surface area contributed by atoms with E-state index in [4.69, 9.17) is 9.84 Å². The highest BCUT2D eigenvalue weighted by Crippen LogP contribution is 2.09. The lowest BCUT2D eigenvalue weighted by atomic mass is 10.2. The maximum atomic E-state index is 12.1. The van der Waals surface area contributed by atoms with Gasteiger partial charge in [-0.2, -0.15) is 0 Å². The summed E-state index contributed by atoms with van der Waals surface area (Å²) in [7, 11) is 1.52. The maximum absolute atomic E-state index is 12.1. The van der Waals surface area contributed by atoms with E-state index in [9.17, 15) is 9.59 Å². The molecule has 0 aliphatic carbocycles. The zero-order valence-corrected chi connectivity index (χ0v) is 12.5.